The van der Waals surface area contributed by atoms with Crippen molar-refractivity contribution in [3.8, 4) is 0 Å². The third-order valence-electron chi connectivity index (χ3n) is 3.04. The van der Waals surface area contributed by atoms with E-state index in [1.165, 1.54) is 6.08 Å². The van der Waals surface area contributed by atoms with Crippen LogP contribution in [0.4, 0.5) is 0 Å². The zero-order valence-electron chi connectivity index (χ0n) is 8.92. The van der Waals surface area contributed by atoms with Crippen molar-refractivity contribution in [1.82, 2.24) is 5.06 Å². The van der Waals surface area contributed by atoms with E-state index in [2.05, 4.69) is 0 Å². The number of allylic oxidation sites excluding steroid dienone is 6. The zero-order chi connectivity index (χ0) is 12.0. The number of hydroxylamine groups is 2. The molecule has 3 aliphatic rings. The van der Waals surface area contributed by atoms with Gasteiger partial charge in [-0.15, -0.1) is 0 Å². The van der Waals surface area contributed by atoms with E-state index < -0.39 is 0 Å². The first-order chi connectivity index (χ1) is 8.18. The molecule has 0 amide bonds. The summed E-state index contributed by atoms with van der Waals surface area (Å²) in [5, 5.41) is 18.9. The fourth-order valence-corrected chi connectivity index (χ4v) is 2.15. The minimum absolute atomic E-state index is 0.0737. The molecule has 0 saturated heterocycles. The maximum atomic E-state index is 11.4. The summed E-state index contributed by atoms with van der Waals surface area (Å²) in [4.78, 5) is 11.4. The van der Waals surface area contributed by atoms with Gasteiger partial charge in [0.05, 0.1) is 11.7 Å². The van der Waals surface area contributed by atoms with Crippen molar-refractivity contribution in [2.45, 2.75) is 6.04 Å². The predicted octanol–water partition coefficient (Wildman–Crippen LogP) is 1.52. The average molecular weight is 226 g/mol. The number of hydrogen-bond donors (Lipinski definition) is 2. The van der Waals surface area contributed by atoms with E-state index in [9.17, 15) is 10.0 Å². The van der Waals surface area contributed by atoms with Gasteiger partial charge in [-0.3, -0.25) is 15.4 Å². The van der Waals surface area contributed by atoms with Crippen molar-refractivity contribution in [2.24, 2.45) is 0 Å². The highest BCUT2D eigenvalue weighted by molar-refractivity contribution is 6.50. The summed E-state index contributed by atoms with van der Waals surface area (Å²) in [6.45, 7) is 0. The van der Waals surface area contributed by atoms with Crippen molar-refractivity contribution >= 4 is 11.5 Å². The Kier molecular flexibility index (Phi) is 2.00. The van der Waals surface area contributed by atoms with Gasteiger partial charge < -0.3 is 0 Å². The summed E-state index contributed by atoms with van der Waals surface area (Å²) in [6.07, 6.45) is 12.1. The molecule has 1 unspecified atom stereocenters. The molecule has 2 N–H and O–H groups in total. The molecule has 1 atom stereocenters. The Hall–Kier alpha value is -2.20. The molecule has 4 nitrogen and oxygen atoms in total. The molecule has 0 bridgehead atoms. The van der Waals surface area contributed by atoms with Crippen molar-refractivity contribution in [3.05, 3.63) is 59.4 Å². The molecule has 4 heteroatoms. The van der Waals surface area contributed by atoms with Gasteiger partial charge in [0.2, 0.25) is 5.78 Å². The molecule has 17 heavy (non-hydrogen) atoms. The molecule has 0 fully saturated rings. The Labute approximate surface area is 98.0 Å². The second-order valence-corrected chi connectivity index (χ2v) is 4.05. The number of hydrogen-bond acceptors (Lipinski definition) is 4. The molecule has 0 aromatic carbocycles. The minimum atomic E-state index is -0.331. The Morgan fingerprint density at radius 3 is 2.88 bits per heavy atom. The highest BCUT2D eigenvalue weighted by atomic mass is 16.5. The number of nitrogens with zero attached hydrogens (tertiary/aromatic N) is 1. The topological polar surface area (TPSA) is 64.4 Å². The van der Waals surface area contributed by atoms with E-state index in [0.717, 1.165) is 10.6 Å². The molecule has 0 saturated carbocycles. The lowest BCUT2D eigenvalue weighted by Gasteiger charge is -2.34. The first-order valence-corrected chi connectivity index (χ1v) is 5.28. The van der Waals surface area contributed by atoms with Crippen LogP contribution in [0.15, 0.2) is 59.4 Å². The normalized spacial score (nSPS) is 26.1. The van der Waals surface area contributed by atoms with E-state index in [-0.39, 0.29) is 17.5 Å². The van der Waals surface area contributed by atoms with Crippen molar-refractivity contribution in [3.63, 3.8) is 0 Å². The Morgan fingerprint density at radius 2 is 2.06 bits per heavy atom. The smallest absolute Gasteiger partial charge is 0.204 e. The maximum Gasteiger partial charge on any atom is 0.204 e. The van der Waals surface area contributed by atoms with E-state index in [4.69, 9.17) is 5.41 Å². The van der Waals surface area contributed by atoms with E-state index in [1.54, 1.807) is 12.2 Å². The maximum absolute atomic E-state index is 11.4. The predicted molar refractivity (Wildman–Crippen MR) is 62.7 cm³/mol. The largest absolute Gasteiger partial charge is 0.296 e. The summed E-state index contributed by atoms with van der Waals surface area (Å²) < 4.78 is 0. The van der Waals surface area contributed by atoms with Gasteiger partial charge in [0.15, 0.2) is 0 Å². The lowest BCUT2D eigenvalue weighted by atomic mass is 9.88. The first kappa shape index (κ1) is 9.99. The lowest BCUT2D eigenvalue weighted by molar-refractivity contribution is -0.109. The molecule has 84 valence electrons. The van der Waals surface area contributed by atoms with Crippen LogP contribution >= 0.6 is 0 Å². The fraction of sp³-hybridized carbons (Fsp3) is 0.0769. The number of rotatable bonds is 0. The SMILES string of the molecule is N=C1C(=O)C=CC2=C1C=C1C=CC=CC1N2O. The minimum Gasteiger partial charge on any atom is -0.296 e. The molecule has 1 aliphatic heterocycles. The molecule has 1 heterocycles. The molecule has 0 aromatic heterocycles. The quantitative estimate of drug-likeness (QED) is 0.615. The van der Waals surface area contributed by atoms with Crippen molar-refractivity contribution in [1.29, 1.82) is 5.41 Å². The van der Waals surface area contributed by atoms with Crippen LogP contribution in [-0.2, 0) is 4.79 Å². The second kappa shape index (κ2) is 3.40. The molecule has 2 aliphatic carbocycles. The highest BCUT2D eigenvalue weighted by Gasteiger charge is 2.31. The highest BCUT2D eigenvalue weighted by Crippen LogP contribution is 2.31. The van der Waals surface area contributed by atoms with Gasteiger partial charge in [0, 0.05) is 5.57 Å². The van der Waals surface area contributed by atoms with Gasteiger partial charge in [-0.1, -0.05) is 24.3 Å². The number of nitrogens with one attached hydrogen (secondary N) is 1. The number of ketones is 1. The lowest BCUT2D eigenvalue weighted by Crippen LogP contribution is -2.37. The van der Waals surface area contributed by atoms with Crippen LogP contribution in [0.1, 0.15) is 0 Å². The molecule has 3 rings (SSSR count). The third kappa shape index (κ3) is 1.34. The Bertz CT molecular complexity index is 576. The summed E-state index contributed by atoms with van der Waals surface area (Å²) in [5.41, 5.74) is 1.78. The van der Waals surface area contributed by atoms with Gasteiger partial charge in [0.25, 0.3) is 0 Å². The summed E-state index contributed by atoms with van der Waals surface area (Å²) in [6, 6.07) is -0.232. The number of carbonyl (C=O) groups excluding carboxylic acids is 1. The standard InChI is InChI=1S/C13H10N2O2/c14-13-9-7-8-3-1-2-4-10(8)15(17)11(9)5-6-12(13)16/h1-7,10,14,17H. The van der Waals surface area contributed by atoms with E-state index in [0.29, 0.717) is 11.3 Å². The van der Waals surface area contributed by atoms with Gasteiger partial charge in [-0.05, 0) is 23.8 Å². The van der Waals surface area contributed by atoms with Crippen LogP contribution < -0.4 is 0 Å². The Balaban J connectivity index is 2.15. The zero-order valence-corrected chi connectivity index (χ0v) is 8.92. The first-order valence-electron chi connectivity index (χ1n) is 5.28. The molecular weight excluding hydrogens is 216 g/mol. The van der Waals surface area contributed by atoms with Crippen molar-refractivity contribution < 1.29 is 10.0 Å². The van der Waals surface area contributed by atoms with E-state index >= 15 is 0 Å². The van der Waals surface area contributed by atoms with Gasteiger partial charge in [0.1, 0.15) is 5.71 Å². The molecule has 0 aromatic rings. The third-order valence-corrected chi connectivity index (χ3v) is 3.04. The average Bonchev–Trinajstić information content (AvgIpc) is 2.35. The van der Waals surface area contributed by atoms with Crippen LogP contribution in [0, 0.1) is 5.41 Å². The second-order valence-electron chi connectivity index (χ2n) is 4.05. The summed E-state index contributed by atoms with van der Waals surface area (Å²) in [7, 11) is 0. The van der Waals surface area contributed by atoms with Crippen molar-refractivity contribution in [2.75, 3.05) is 0 Å². The van der Waals surface area contributed by atoms with Gasteiger partial charge >= 0.3 is 0 Å². The van der Waals surface area contributed by atoms with Crippen LogP contribution in [-0.4, -0.2) is 27.8 Å². The van der Waals surface area contributed by atoms with Crippen LogP contribution in [0.25, 0.3) is 0 Å². The molecule has 0 spiro atoms. The van der Waals surface area contributed by atoms with Gasteiger partial charge in [-0.25, -0.2) is 5.06 Å². The van der Waals surface area contributed by atoms with Crippen LogP contribution in [0.3, 0.4) is 0 Å². The number of carbonyl (C=O) groups is 1. The molecule has 0 radical (unpaired) electrons. The molecular formula is C13H10N2O2. The summed E-state index contributed by atoms with van der Waals surface area (Å²) in [5.74, 6) is -0.331. The number of fused-ring (bicyclic) bond motifs is 1. The Morgan fingerprint density at radius 1 is 1.24 bits per heavy atom. The van der Waals surface area contributed by atoms with Crippen LogP contribution in [0.5, 0.6) is 0 Å². The van der Waals surface area contributed by atoms with Crippen LogP contribution in [0.2, 0.25) is 0 Å². The summed E-state index contributed by atoms with van der Waals surface area (Å²) >= 11 is 0. The fourth-order valence-electron chi connectivity index (χ4n) is 2.15. The monoisotopic (exact) mass is 226 g/mol. The van der Waals surface area contributed by atoms with Gasteiger partial charge in [-0.2, -0.15) is 0 Å². The van der Waals surface area contributed by atoms with E-state index in [1.807, 2.05) is 24.3 Å².